The summed E-state index contributed by atoms with van der Waals surface area (Å²) in [6.45, 7) is 2.46. The summed E-state index contributed by atoms with van der Waals surface area (Å²) >= 11 is 0. The van der Waals surface area contributed by atoms with Crippen molar-refractivity contribution >= 4 is 0 Å². The van der Waals surface area contributed by atoms with Crippen LogP contribution in [0.1, 0.15) is 31.2 Å². The monoisotopic (exact) mass is 293 g/mol. The summed E-state index contributed by atoms with van der Waals surface area (Å²) in [5, 5.41) is 9.23. The summed E-state index contributed by atoms with van der Waals surface area (Å²) in [5.41, 5.74) is 1.17. The number of likely N-dealkylation sites (tertiary alicyclic amines) is 1. The number of benzene rings is 1. The van der Waals surface area contributed by atoms with E-state index in [-0.39, 0.29) is 13.4 Å². The third-order valence-electron chi connectivity index (χ3n) is 4.32. The van der Waals surface area contributed by atoms with Crippen molar-refractivity contribution in [2.75, 3.05) is 27.1 Å². The second-order valence-corrected chi connectivity index (χ2v) is 5.66. The van der Waals surface area contributed by atoms with Crippen LogP contribution in [0.3, 0.4) is 0 Å². The quantitative estimate of drug-likeness (QED) is 0.901. The maximum atomic E-state index is 9.23. The number of piperidine rings is 1. The zero-order valence-electron chi connectivity index (χ0n) is 12.5. The van der Waals surface area contributed by atoms with Crippen LogP contribution in [0.5, 0.6) is 17.2 Å². The number of rotatable bonds is 5. The van der Waals surface area contributed by atoms with Gasteiger partial charge in [0.05, 0.1) is 7.11 Å². The molecule has 0 aromatic heterocycles. The minimum atomic E-state index is 0.256. The van der Waals surface area contributed by atoms with Gasteiger partial charge in [-0.1, -0.05) is 6.42 Å². The molecule has 1 aromatic carbocycles. The molecule has 0 spiro atoms. The van der Waals surface area contributed by atoms with Crippen LogP contribution >= 0.6 is 0 Å². The van der Waals surface area contributed by atoms with Crippen molar-refractivity contribution in [3.8, 4) is 17.2 Å². The van der Waals surface area contributed by atoms with Crippen LogP contribution in [0.15, 0.2) is 12.1 Å². The fraction of sp³-hybridized carbons (Fsp3) is 0.625. The fourth-order valence-corrected chi connectivity index (χ4v) is 3.25. The van der Waals surface area contributed by atoms with Gasteiger partial charge >= 0.3 is 0 Å². The van der Waals surface area contributed by atoms with Gasteiger partial charge in [0, 0.05) is 19.2 Å². The number of fused-ring (bicyclic) bond motifs is 1. The molecule has 2 aliphatic rings. The fourth-order valence-electron chi connectivity index (χ4n) is 3.25. The van der Waals surface area contributed by atoms with Gasteiger partial charge in [-0.3, -0.25) is 4.90 Å². The van der Waals surface area contributed by atoms with Crippen LogP contribution in [0.25, 0.3) is 0 Å². The molecule has 2 aliphatic heterocycles. The van der Waals surface area contributed by atoms with Gasteiger partial charge in [0.25, 0.3) is 0 Å². The second kappa shape index (κ2) is 6.54. The molecular weight excluding hydrogens is 270 g/mol. The van der Waals surface area contributed by atoms with Crippen molar-refractivity contribution < 1.29 is 19.3 Å². The van der Waals surface area contributed by atoms with Gasteiger partial charge in [-0.05, 0) is 43.5 Å². The van der Waals surface area contributed by atoms with E-state index in [0.29, 0.717) is 11.8 Å². The first kappa shape index (κ1) is 14.5. The Morgan fingerprint density at radius 1 is 1.33 bits per heavy atom. The number of nitrogens with zero attached hydrogens (tertiary/aromatic N) is 1. The van der Waals surface area contributed by atoms with E-state index < -0.39 is 0 Å². The molecular formula is C16H23NO4. The van der Waals surface area contributed by atoms with Gasteiger partial charge in [-0.15, -0.1) is 0 Å². The highest BCUT2D eigenvalue weighted by atomic mass is 16.7. The summed E-state index contributed by atoms with van der Waals surface area (Å²) in [7, 11) is 1.65. The highest BCUT2D eigenvalue weighted by Crippen LogP contribution is 2.42. The standard InChI is InChI=1S/C16H23NO4/c1-19-14-8-12(9-15-16(14)21-11-20-15)10-17-6-3-2-4-13(17)5-7-18/h8-9,13,18H,2-7,10-11H2,1H3. The zero-order chi connectivity index (χ0) is 14.7. The maximum absolute atomic E-state index is 9.23. The molecule has 3 rings (SSSR count). The van der Waals surface area contributed by atoms with E-state index in [1.54, 1.807) is 7.11 Å². The maximum Gasteiger partial charge on any atom is 0.231 e. The van der Waals surface area contributed by atoms with Gasteiger partial charge in [-0.25, -0.2) is 0 Å². The van der Waals surface area contributed by atoms with E-state index in [2.05, 4.69) is 4.90 Å². The molecule has 0 bridgehead atoms. The molecule has 21 heavy (non-hydrogen) atoms. The van der Waals surface area contributed by atoms with Gasteiger partial charge in [0.2, 0.25) is 12.5 Å². The number of hydrogen-bond acceptors (Lipinski definition) is 5. The first-order valence-electron chi connectivity index (χ1n) is 7.63. The normalized spacial score (nSPS) is 21.5. The Hall–Kier alpha value is -1.46. The van der Waals surface area contributed by atoms with E-state index in [4.69, 9.17) is 14.2 Å². The van der Waals surface area contributed by atoms with Gasteiger partial charge in [0.1, 0.15) is 0 Å². The lowest BCUT2D eigenvalue weighted by Gasteiger charge is -2.35. The van der Waals surface area contributed by atoms with Crippen molar-refractivity contribution in [1.82, 2.24) is 4.90 Å². The molecule has 5 heteroatoms. The highest BCUT2D eigenvalue weighted by Gasteiger charge is 2.24. The van der Waals surface area contributed by atoms with Gasteiger partial charge in [0.15, 0.2) is 11.5 Å². The van der Waals surface area contributed by atoms with Crippen LogP contribution in [0, 0.1) is 0 Å². The van der Waals surface area contributed by atoms with E-state index in [0.717, 1.165) is 31.0 Å². The summed E-state index contributed by atoms with van der Waals surface area (Å²) < 4.78 is 16.3. The molecule has 2 heterocycles. The summed E-state index contributed by atoms with van der Waals surface area (Å²) in [5.74, 6) is 2.20. The van der Waals surface area contributed by atoms with Crippen molar-refractivity contribution in [2.45, 2.75) is 38.3 Å². The lowest BCUT2D eigenvalue weighted by Crippen LogP contribution is -2.39. The number of aliphatic hydroxyl groups excluding tert-OH is 1. The highest BCUT2D eigenvalue weighted by molar-refractivity contribution is 5.55. The third-order valence-corrected chi connectivity index (χ3v) is 4.32. The third kappa shape index (κ3) is 3.09. The first-order valence-corrected chi connectivity index (χ1v) is 7.63. The van der Waals surface area contributed by atoms with Crippen molar-refractivity contribution in [3.05, 3.63) is 17.7 Å². The van der Waals surface area contributed by atoms with E-state index in [1.807, 2.05) is 12.1 Å². The number of hydrogen-bond donors (Lipinski definition) is 1. The van der Waals surface area contributed by atoms with Crippen LogP contribution in [-0.4, -0.2) is 43.1 Å². The molecule has 1 saturated heterocycles. The molecule has 0 saturated carbocycles. The lowest BCUT2D eigenvalue weighted by atomic mass is 9.98. The molecule has 1 atom stereocenters. The molecule has 1 N–H and O–H groups in total. The summed E-state index contributed by atoms with van der Waals surface area (Å²) in [4.78, 5) is 2.46. The van der Waals surface area contributed by atoms with Crippen molar-refractivity contribution in [2.24, 2.45) is 0 Å². The van der Waals surface area contributed by atoms with Crippen LogP contribution in [0.4, 0.5) is 0 Å². The SMILES string of the molecule is COc1cc(CN2CCCCC2CCO)cc2c1OCO2. The van der Waals surface area contributed by atoms with Crippen LogP contribution in [0.2, 0.25) is 0 Å². The van der Waals surface area contributed by atoms with Gasteiger partial charge < -0.3 is 19.3 Å². The zero-order valence-corrected chi connectivity index (χ0v) is 12.5. The van der Waals surface area contributed by atoms with Crippen LogP contribution < -0.4 is 14.2 Å². The number of aliphatic hydroxyl groups is 1. The molecule has 5 nitrogen and oxygen atoms in total. The molecule has 0 aliphatic carbocycles. The lowest BCUT2D eigenvalue weighted by molar-refractivity contribution is 0.112. The Bertz CT molecular complexity index is 489. The van der Waals surface area contributed by atoms with Gasteiger partial charge in [-0.2, -0.15) is 0 Å². The Morgan fingerprint density at radius 2 is 2.24 bits per heavy atom. The molecule has 116 valence electrons. The first-order chi connectivity index (χ1) is 10.3. The predicted molar refractivity (Wildman–Crippen MR) is 78.9 cm³/mol. The summed E-state index contributed by atoms with van der Waals surface area (Å²) in [6.07, 6.45) is 4.50. The largest absolute Gasteiger partial charge is 0.493 e. The van der Waals surface area contributed by atoms with Crippen molar-refractivity contribution in [3.63, 3.8) is 0 Å². The Balaban J connectivity index is 1.77. The Labute approximate surface area is 125 Å². The number of ether oxygens (including phenoxy) is 3. The molecule has 1 fully saturated rings. The van der Waals surface area contributed by atoms with Crippen molar-refractivity contribution in [1.29, 1.82) is 0 Å². The predicted octanol–water partition coefficient (Wildman–Crippen LogP) is 2.16. The van der Waals surface area contributed by atoms with Crippen LogP contribution in [-0.2, 0) is 6.54 Å². The molecule has 0 amide bonds. The topological polar surface area (TPSA) is 51.2 Å². The van der Waals surface area contributed by atoms with E-state index in [1.165, 1.54) is 24.8 Å². The van der Waals surface area contributed by atoms with E-state index in [9.17, 15) is 5.11 Å². The summed E-state index contributed by atoms with van der Waals surface area (Å²) in [6, 6.07) is 4.54. The number of methoxy groups -OCH3 is 1. The Kier molecular flexibility index (Phi) is 4.51. The molecule has 1 aromatic rings. The molecule has 1 unspecified atom stereocenters. The smallest absolute Gasteiger partial charge is 0.231 e. The minimum Gasteiger partial charge on any atom is -0.493 e. The average Bonchev–Trinajstić information content (AvgIpc) is 2.97. The average molecular weight is 293 g/mol. The Morgan fingerprint density at radius 3 is 3.05 bits per heavy atom. The van der Waals surface area contributed by atoms with E-state index >= 15 is 0 Å². The minimum absolute atomic E-state index is 0.256. The second-order valence-electron chi connectivity index (χ2n) is 5.66. The molecule has 0 radical (unpaired) electrons.